The molecule has 0 spiro atoms. The van der Waals surface area contributed by atoms with E-state index in [2.05, 4.69) is 9.71 Å². The smallest absolute Gasteiger partial charge is 0.289 e. The monoisotopic (exact) mass is 411 g/mol. The molecular weight excluding hydrogens is 394 g/mol. The number of sulfonamides is 1. The van der Waals surface area contributed by atoms with Crippen LogP contribution >= 0.6 is 11.6 Å². The fourth-order valence-electron chi connectivity index (χ4n) is 3.02. The quantitative estimate of drug-likeness (QED) is 0.576. The van der Waals surface area contributed by atoms with Crippen molar-refractivity contribution in [2.24, 2.45) is 0 Å². The van der Waals surface area contributed by atoms with E-state index in [0.29, 0.717) is 36.6 Å². The minimum atomic E-state index is -3.98. The van der Waals surface area contributed by atoms with Crippen LogP contribution in [-0.4, -0.2) is 30.5 Å². The number of nitrogens with one attached hydrogen (secondary N) is 1. The first-order valence-corrected chi connectivity index (χ1v) is 10.3. The third-order valence-corrected chi connectivity index (χ3v) is 6.13. The topological polar surface area (TPSA) is 111 Å². The van der Waals surface area contributed by atoms with Crippen LogP contribution in [0.25, 0.3) is 0 Å². The number of ether oxygens (including phenoxy) is 1. The van der Waals surface area contributed by atoms with Crippen molar-refractivity contribution < 1.29 is 18.1 Å². The van der Waals surface area contributed by atoms with Crippen molar-refractivity contribution in [3.8, 4) is 5.88 Å². The molecule has 1 fully saturated rings. The van der Waals surface area contributed by atoms with Gasteiger partial charge in [0, 0.05) is 24.4 Å². The second-order valence-electron chi connectivity index (χ2n) is 6.25. The number of para-hydroxylation sites is 1. The Morgan fingerprint density at radius 2 is 1.85 bits per heavy atom. The minimum absolute atomic E-state index is 0.0644. The maximum atomic E-state index is 12.6. The van der Waals surface area contributed by atoms with E-state index in [0.717, 1.165) is 0 Å². The van der Waals surface area contributed by atoms with Gasteiger partial charge in [0.05, 0.1) is 9.95 Å². The lowest BCUT2D eigenvalue weighted by Gasteiger charge is -2.29. The average molecular weight is 412 g/mol. The molecule has 3 rings (SSSR count). The number of hydrogen-bond donors (Lipinski definition) is 1. The van der Waals surface area contributed by atoms with Crippen molar-refractivity contribution in [2.75, 3.05) is 0 Å². The molecule has 2 aromatic rings. The standard InChI is InChI=1S/C17H18ClN3O5S/c18-12-5-10-17(19-11-12)26-14-8-6-13(7-9-14)20-27(24,25)16-4-2-1-3-15(16)21(22)23/h1-5,10-11,13-14,20H,6-9H2. The molecule has 0 amide bonds. The number of aromatic nitrogens is 1. The van der Waals surface area contributed by atoms with Crippen molar-refractivity contribution in [3.05, 3.63) is 57.7 Å². The third-order valence-electron chi connectivity index (χ3n) is 4.34. The van der Waals surface area contributed by atoms with Crippen LogP contribution in [0.15, 0.2) is 47.5 Å². The normalized spacial score (nSPS) is 20.2. The summed E-state index contributed by atoms with van der Waals surface area (Å²) < 4.78 is 33.5. The summed E-state index contributed by atoms with van der Waals surface area (Å²) in [5.41, 5.74) is -0.434. The van der Waals surface area contributed by atoms with E-state index in [1.54, 1.807) is 12.1 Å². The fraction of sp³-hybridized carbons (Fsp3) is 0.353. The Hall–Kier alpha value is -2.23. The van der Waals surface area contributed by atoms with Gasteiger partial charge >= 0.3 is 0 Å². The van der Waals surface area contributed by atoms with Crippen LogP contribution < -0.4 is 9.46 Å². The molecule has 1 aromatic heterocycles. The summed E-state index contributed by atoms with van der Waals surface area (Å²) in [5, 5.41) is 11.6. The van der Waals surface area contributed by atoms with E-state index in [1.807, 2.05) is 0 Å². The number of nitro groups is 1. The molecule has 0 bridgehead atoms. The van der Waals surface area contributed by atoms with Crippen LogP contribution in [-0.2, 0) is 10.0 Å². The van der Waals surface area contributed by atoms with Gasteiger partial charge in [0.2, 0.25) is 15.9 Å². The van der Waals surface area contributed by atoms with Crippen LogP contribution in [0, 0.1) is 10.1 Å². The summed E-state index contributed by atoms with van der Waals surface area (Å²) in [6.45, 7) is 0. The van der Waals surface area contributed by atoms with E-state index in [1.165, 1.54) is 30.5 Å². The molecule has 0 atom stereocenters. The average Bonchev–Trinajstić information content (AvgIpc) is 2.65. The van der Waals surface area contributed by atoms with Crippen LogP contribution in [0.2, 0.25) is 5.02 Å². The Morgan fingerprint density at radius 1 is 1.15 bits per heavy atom. The predicted octanol–water partition coefficient (Wildman–Crippen LogP) is 3.31. The largest absolute Gasteiger partial charge is 0.474 e. The molecule has 0 unspecified atom stereocenters. The van der Waals surface area contributed by atoms with Crippen LogP contribution in [0.4, 0.5) is 5.69 Å². The molecule has 1 saturated carbocycles. The van der Waals surface area contributed by atoms with Crippen LogP contribution in [0.5, 0.6) is 5.88 Å². The Labute approximate surface area is 161 Å². The van der Waals surface area contributed by atoms with E-state index in [-0.39, 0.29) is 17.0 Å². The number of pyridine rings is 1. The van der Waals surface area contributed by atoms with Gasteiger partial charge in [0.1, 0.15) is 6.10 Å². The second-order valence-corrected chi connectivity index (χ2v) is 8.37. The molecule has 0 aliphatic heterocycles. The summed E-state index contributed by atoms with van der Waals surface area (Å²) in [6, 6.07) is 8.39. The number of rotatable bonds is 6. The highest BCUT2D eigenvalue weighted by atomic mass is 35.5. The molecule has 144 valence electrons. The highest BCUT2D eigenvalue weighted by molar-refractivity contribution is 7.89. The Morgan fingerprint density at radius 3 is 2.48 bits per heavy atom. The van der Waals surface area contributed by atoms with Gasteiger partial charge in [0.25, 0.3) is 5.69 Å². The van der Waals surface area contributed by atoms with E-state index in [9.17, 15) is 18.5 Å². The van der Waals surface area contributed by atoms with E-state index in [4.69, 9.17) is 16.3 Å². The summed E-state index contributed by atoms with van der Waals surface area (Å²) in [7, 11) is -3.98. The minimum Gasteiger partial charge on any atom is -0.474 e. The van der Waals surface area contributed by atoms with Gasteiger partial charge in [-0.25, -0.2) is 18.1 Å². The number of nitro benzene ring substituents is 1. The summed E-state index contributed by atoms with van der Waals surface area (Å²) in [6.07, 6.45) is 3.87. The molecule has 0 saturated heterocycles. The van der Waals surface area contributed by atoms with Crippen molar-refractivity contribution in [3.63, 3.8) is 0 Å². The number of nitrogens with zero attached hydrogens (tertiary/aromatic N) is 2. The molecule has 0 radical (unpaired) electrons. The molecule has 1 aromatic carbocycles. The zero-order chi connectivity index (χ0) is 19.4. The number of halogens is 1. The van der Waals surface area contributed by atoms with Gasteiger partial charge in [-0.15, -0.1) is 0 Å². The van der Waals surface area contributed by atoms with Crippen molar-refractivity contribution in [1.29, 1.82) is 0 Å². The Bertz CT molecular complexity index is 912. The first kappa shape index (κ1) is 19.5. The second kappa shape index (κ2) is 8.20. The van der Waals surface area contributed by atoms with Gasteiger partial charge in [-0.3, -0.25) is 10.1 Å². The fourth-order valence-corrected chi connectivity index (χ4v) is 4.61. The SMILES string of the molecule is O=[N+]([O-])c1ccccc1S(=O)(=O)NC1CCC(Oc2ccc(Cl)cn2)CC1. The molecule has 1 aliphatic rings. The molecule has 1 aliphatic carbocycles. The van der Waals surface area contributed by atoms with E-state index >= 15 is 0 Å². The van der Waals surface area contributed by atoms with Gasteiger partial charge in [-0.2, -0.15) is 0 Å². The highest BCUT2D eigenvalue weighted by Gasteiger charge is 2.30. The molecule has 1 heterocycles. The molecule has 1 N–H and O–H groups in total. The third kappa shape index (κ3) is 4.94. The maximum Gasteiger partial charge on any atom is 0.289 e. The van der Waals surface area contributed by atoms with Gasteiger partial charge in [-0.1, -0.05) is 23.7 Å². The summed E-state index contributed by atoms with van der Waals surface area (Å²) in [4.78, 5) is 14.2. The lowest BCUT2D eigenvalue weighted by Crippen LogP contribution is -2.39. The molecule has 8 nitrogen and oxygen atoms in total. The maximum absolute atomic E-state index is 12.6. The highest BCUT2D eigenvalue weighted by Crippen LogP contribution is 2.27. The van der Waals surface area contributed by atoms with Crippen LogP contribution in [0.1, 0.15) is 25.7 Å². The van der Waals surface area contributed by atoms with E-state index < -0.39 is 20.6 Å². The van der Waals surface area contributed by atoms with Gasteiger partial charge in [0.15, 0.2) is 4.90 Å². The van der Waals surface area contributed by atoms with Crippen molar-refractivity contribution in [1.82, 2.24) is 9.71 Å². The number of benzene rings is 1. The molecule has 10 heteroatoms. The van der Waals surface area contributed by atoms with Crippen LogP contribution in [0.3, 0.4) is 0 Å². The zero-order valence-corrected chi connectivity index (χ0v) is 15.8. The summed E-state index contributed by atoms with van der Waals surface area (Å²) in [5.74, 6) is 0.475. The predicted molar refractivity (Wildman–Crippen MR) is 99.3 cm³/mol. The van der Waals surface area contributed by atoms with Crippen molar-refractivity contribution in [2.45, 2.75) is 42.7 Å². The Balaban J connectivity index is 1.60. The van der Waals surface area contributed by atoms with Gasteiger partial charge < -0.3 is 4.74 Å². The summed E-state index contributed by atoms with van der Waals surface area (Å²) >= 11 is 5.79. The lowest BCUT2D eigenvalue weighted by atomic mass is 9.94. The molecule has 27 heavy (non-hydrogen) atoms. The molecular formula is C17H18ClN3O5S. The zero-order valence-electron chi connectivity index (χ0n) is 14.2. The van der Waals surface area contributed by atoms with Gasteiger partial charge in [-0.05, 0) is 37.8 Å². The number of hydrogen-bond acceptors (Lipinski definition) is 6. The first-order valence-electron chi connectivity index (χ1n) is 8.39. The lowest BCUT2D eigenvalue weighted by molar-refractivity contribution is -0.387. The van der Waals surface area contributed by atoms with Crippen molar-refractivity contribution >= 4 is 27.3 Å². The first-order chi connectivity index (χ1) is 12.8. The Kier molecular flexibility index (Phi) is 5.93.